The van der Waals surface area contributed by atoms with E-state index in [9.17, 15) is 18.0 Å². The van der Waals surface area contributed by atoms with Gasteiger partial charge in [-0.1, -0.05) is 31.2 Å². The van der Waals surface area contributed by atoms with E-state index in [1.807, 2.05) is 6.92 Å². The number of nitrogens with one attached hydrogen (secondary N) is 1. The zero-order valence-corrected chi connectivity index (χ0v) is 19.9. The molecule has 1 atom stereocenters. The Balaban J connectivity index is 1.50. The molecule has 0 fully saturated rings. The molecular formula is C24H23N5O5S. The van der Waals surface area contributed by atoms with Crippen LogP contribution in [0.1, 0.15) is 35.0 Å². The number of hydrazone groups is 1. The first-order valence-corrected chi connectivity index (χ1v) is 12.7. The van der Waals surface area contributed by atoms with Gasteiger partial charge in [-0.3, -0.25) is 9.78 Å². The Hall–Kier alpha value is -4.12. The fraction of sp³-hybridized carbons (Fsp3) is 0.208. The highest BCUT2D eigenvalue weighted by atomic mass is 32.2. The van der Waals surface area contributed by atoms with E-state index < -0.39 is 22.0 Å². The van der Waals surface area contributed by atoms with E-state index in [1.54, 1.807) is 36.4 Å². The number of rotatable bonds is 7. The summed E-state index contributed by atoms with van der Waals surface area (Å²) in [6, 6.07) is 13.3. The van der Waals surface area contributed by atoms with Gasteiger partial charge in [-0.05, 0) is 36.2 Å². The second kappa shape index (κ2) is 10.0. The molecular weight excluding hydrogens is 470 g/mol. The molecule has 3 aromatic rings. The number of sulfone groups is 1. The summed E-state index contributed by atoms with van der Waals surface area (Å²) >= 11 is 0. The van der Waals surface area contributed by atoms with E-state index in [0.717, 1.165) is 11.8 Å². The predicted octanol–water partition coefficient (Wildman–Crippen LogP) is 3.27. The Morgan fingerprint density at radius 1 is 1.09 bits per heavy atom. The number of cyclic esters (lactones) is 1. The molecule has 0 bridgehead atoms. The van der Waals surface area contributed by atoms with Crippen LogP contribution in [0.3, 0.4) is 0 Å². The molecule has 0 saturated heterocycles. The minimum absolute atomic E-state index is 0.151. The van der Waals surface area contributed by atoms with Gasteiger partial charge < -0.3 is 10.1 Å². The number of ether oxygens (including phenoxy) is 1. The molecule has 1 aliphatic heterocycles. The number of amides is 2. The van der Waals surface area contributed by atoms with E-state index in [2.05, 4.69) is 20.4 Å². The highest BCUT2D eigenvalue weighted by Gasteiger charge is 2.30. The summed E-state index contributed by atoms with van der Waals surface area (Å²) in [7, 11) is -3.33. The van der Waals surface area contributed by atoms with Crippen LogP contribution in [-0.4, -0.2) is 53.5 Å². The Bertz CT molecular complexity index is 1360. The zero-order valence-electron chi connectivity index (χ0n) is 19.1. The number of hydrogen-bond acceptors (Lipinski definition) is 8. The van der Waals surface area contributed by atoms with E-state index in [0.29, 0.717) is 23.4 Å². The number of nitrogens with zero attached hydrogens (tertiary/aromatic N) is 4. The van der Waals surface area contributed by atoms with Gasteiger partial charge in [0.1, 0.15) is 17.5 Å². The second-order valence-electron chi connectivity index (χ2n) is 7.86. The Kier molecular flexibility index (Phi) is 6.87. The molecule has 0 spiro atoms. The Labute approximate surface area is 202 Å². The SMILES string of the molecule is CCC1OC(=O)N(Cc2ccc(NC(=O)c3cnccn3)cc2)N=C1c1ccc(S(C)(=O)=O)cc1. The summed E-state index contributed by atoms with van der Waals surface area (Å²) in [5.41, 5.74) is 2.74. The lowest BCUT2D eigenvalue weighted by molar-refractivity contribution is 0.0712. The fourth-order valence-electron chi connectivity index (χ4n) is 3.44. The summed E-state index contributed by atoms with van der Waals surface area (Å²) < 4.78 is 29.1. The smallest absolute Gasteiger partial charge is 0.431 e. The molecule has 1 N–H and O–H groups in total. The van der Waals surface area contributed by atoms with Gasteiger partial charge in [0, 0.05) is 29.9 Å². The van der Waals surface area contributed by atoms with E-state index in [-0.39, 0.29) is 23.0 Å². The quantitative estimate of drug-likeness (QED) is 0.534. The van der Waals surface area contributed by atoms with Gasteiger partial charge in [0.05, 0.1) is 17.6 Å². The molecule has 4 rings (SSSR count). The first-order chi connectivity index (χ1) is 16.7. The lowest BCUT2D eigenvalue weighted by Gasteiger charge is -2.29. The van der Waals surface area contributed by atoms with Gasteiger partial charge in [0.2, 0.25) is 0 Å². The molecule has 180 valence electrons. The molecule has 11 heteroatoms. The van der Waals surface area contributed by atoms with Crippen LogP contribution in [0.15, 0.2) is 77.1 Å². The average Bonchev–Trinajstić information content (AvgIpc) is 2.86. The van der Waals surface area contributed by atoms with Crippen molar-refractivity contribution in [2.24, 2.45) is 5.10 Å². The Morgan fingerprint density at radius 2 is 1.80 bits per heavy atom. The number of benzene rings is 2. The molecule has 1 aliphatic rings. The molecule has 1 unspecified atom stereocenters. The van der Waals surface area contributed by atoms with Crippen LogP contribution >= 0.6 is 0 Å². The topological polar surface area (TPSA) is 131 Å². The van der Waals surface area contributed by atoms with Gasteiger partial charge >= 0.3 is 6.09 Å². The van der Waals surface area contributed by atoms with Gasteiger partial charge in [0.25, 0.3) is 5.91 Å². The van der Waals surface area contributed by atoms with Crippen molar-refractivity contribution >= 4 is 33.2 Å². The molecule has 2 heterocycles. The van der Waals surface area contributed by atoms with Crippen LogP contribution < -0.4 is 5.32 Å². The van der Waals surface area contributed by atoms with Crippen molar-refractivity contribution in [2.75, 3.05) is 11.6 Å². The van der Waals surface area contributed by atoms with E-state index >= 15 is 0 Å². The number of aromatic nitrogens is 2. The molecule has 10 nitrogen and oxygen atoms in total. The summed E-state index contributed by atoms with van der Waals surface area (Å²) in [6.45, 7) is 2.03. The lowest BCUT2D eigenvalue weighted by atomic mass is 10.0. The van der Waals surface area contributed by atoms with Gasteiger partial charge in [-0.2, -0.15) is 10.1 Å². The van der Waals surface area contributed by atoms with Crippen LogP contribution in [0, 0.1) is 0 Å². The van der Waals surface area contributed by atoms with Crippen LogP contribution in [0.2, 0.25) is 0 Å². The van der Waals surface area contributed by atoms with Crippen molar-refractivity contribution in [1.29, 1.82) is 0 Å². The molecule has 0 saturated carbocycles. The summed E-state index contributed by atoms with van der Waals surface area (Å²) in [5.74, 6) is -0.382. The molecule has 1 aromatic heterocycles. The van der Waals surface area contributed by atoms with Crippen molar-refractivity contribution < 1.29 is 22.7 Å². The minimum Gasteiger partial charge on any atom is -0.438 e. The van der Waals surface area contributed by atoms with Gasteiger partial charge in [0.15, 0.2) is 9.84 Å². The van der Waals surface area contributed by atoms with E-state index in [1.165, 1.54) is 35.7 Å². The van der Waals surface area contributed by atoms with Gasteiger partial charge in [-0.15, -0.1) is 0 Å². The first kappa shape index (κ1) is 24.0. The number of carbonyl (C=O) groups is 2. The molecule has 2 amide bonds. The average molecular weight is 494 g/mol. The molecule has 0 radical (unpaired) electrons. The van der Waals surface area contributed by atoms with Crippen molar-refractivity contribution in [3.63, 3.8) is 0 Å². The second-order valence-corrected chi connectivity index (χ2v) is 9.88. The maximum absolute atomic E-state index is 12.5. The fourth-order valence-corrected chi connectivity index (χ4v) is 4.08. The highest BCUT2D eigenvalue weighted by molar-refractivity contribution is 7.90. The van der Waals surface area contributed by atoms with Crippen LogP contribution in [0.4, 0.5) is 10.5 Å². The van der Waals surface area contributed by atoms with Crippen molar-refractivity contribution in [2.45, 2.75) is 30.9 Å². The summed E-state index contributed by atoms with van der Waals surface area (Å²) in [5, 5.41) is 8.48. The van der Waals surface area contributed by atoms with Gasteiger partial charge in [-0.25, -0.2) is 18.2 Å². The Morgan fingerprint density at radius 3 is 2.40 bits per heavy atom. The lowest BCUT2D eigenvalue weighted by Crippen LogP contribution is -2.41. The monoisotopic (exact) mass is 493 g/mol. The van der Waals surface area contributed by atoms with Crippen molar-refractivity contribution in [3.8, 4) is 0 Å². The third-order valence-electron chi connectivity index (χ3n) is 5.28. The van der Waals surface area contributed by atoms with E-state index in [4.69, 9.17) is 4.74 Å². The highest BCUT2D eigenvalue weighted by Crippen LogP contribution is 2.22. The minimum atomic E-state index is -3.33. The van der Waals surface area contributed by atoms with Crippen LogP contribution in [-0.2, 0) is 21.1 Å². The summed E-state index contributed by atoms with van der Waals surface area (Å²) in [6.07, 6.45) is 4.85. The molecule has 0 aliphatic carbocycles. The first-order valence-electron chi connectivity index (χ1n) is 10.8. The normalized spacial score (nSPS) is 15.8. The predicted molar refractivity (Wildman–Crippen MR) is 129 cm³/mol. The number of hydrogen-bond donors (Lipinski definition) is 1. The number of anilines is 1. The summed E-state index contributed by atoms with van der Waals surface area (Å²) in [4.78, 5) is 32.8. The molecule has 35 heavy (non-hydrogen) atoms. The maximum atomic E-state index is 12.5. The standard InChI is InChI=1S/C24H23N5O5S/c1-3-21-22(17-6-10-19(11-7-17)35(2,32)33)28-29(24(31)34-21)15-16-4-8-18(9-5-16)27-23(30)20-14-25-12-13-26-20/h4-14,21H,3,15H2,1-2H3,(H,27,30). The number of carbonyl (C=O) groups excluding carboxylic acids is 2. The maximum Gasteiger partial charge on any atom is 0.431 e. The largest absolute Gasteiger partial charge is 0.438 e. The molecule has 2 aromatic carbocycles. The third kappa shape index (κ3) is 5.69. The third-order valence-corrected chi connectivity index (χ3v) is 6.40. The zero-order chi connectivity index (χ0) is 25.0. The van der Waals surface area contributed by atoms with Crippen LogP contribution in [0.25, 0.3) is 0 Å². The van der Waals surface area contributed by atoms with Crippen LogP contribution in [0.5, 0.6) is 0 Å². The van der Waals surface area contributed by atoms with Crippen molar-refractivity contribution in [3.05, 3.63) is 83.9 Å². The van der Waals surface area contributed by atoms with Crippen molar-refractivity contribution in [1.82, 2.24) is 15.0 Å².